The van der Waals surface area contributed by atoms with Crippen molar-refractivity contribution >= 4 is 46.0 Å². The number of hydrogen-bond donors (Lipinski definition) is 2. The molecule has 3 N–H and O–H groups in total. The smallest absolute Gasteiger partial charge is 0.0764 e. The number of benzene rings is 2. The maximum Gasteiger partial charge on any atom is 0.0764 e. The Morgan fingerprint density at radius 2 is 1.52 bits per heavy atom. The number of nitrogens with one attached hydrogen (secondary N) is 1. The van der Waals surface area contributed by atoms with Crippen molar-refractivity contribution < 1.29 is 0 Å². The highest BCUT2D eigenvalue weighted by Gasteiger charge is 2.08. The number of hydrogen-bond acceptors (Lipinski definition) is 3. The van der Waals surface area contributed by atoms with Crippen molar-refractivity contribution in [1.82, 2.24) is 0 Å². The van der Waals surface area contributed by atoms with Crippen LogP contribution in [-0.2, 0) is 0 Å². The van der Waals surface area contributed by atoms with E-state index in [1.165, 1.54) is 5.69 Å². The minimum absolute atomic E-state index is 0.507. The molecule has 112 valence electrons. The molecule has 2 rings (SSSR count). The fourth-order valence-electron chi connectivity index (χ4n) is 2.20. The lowest BCUT2D eigenvalue weighted by Gasteiger charge is -2.21. The highest BCUT2D eigenvalue weighted by atomic mass is 35.5. The van der Waals surface area contributed by atoms with E-state index in [0.29, 0.717) is 21.4 Å². The van der Waals surface area contributed by atoms with Crippen molar-refractivity contribution in [3.05, 3.63) is 46.4 Å². The van der Waals surface area contributed by atoms with Crippen LogP contribution in [0.5, 0.6) is 0 Å². The number of nitrogens with two attached hydrogens (primary N) is 1. The molecule has 0 fully saturated rings. The summed E-state index contributed by atoms with van der Waals surface area (Å²) in [6, 6.07) is 11.5. The van der Waals surface area contributed by atoms with Crippen molar-refractivity contribution in [2.75, 3.05) is 29.0 Å². The molecule has 3 nitrogen and oxygen atoms in total. The van der Waals surface area contributed by atoms with E-state index < -0.39 is 0 Å². The van der Waals surface area contributed by atoms with E-state index in [1.54, 1.807) is 12.1 Å². The molecule has 0 radical (unpaired) electrons. The molecular formula is C16H19Cl2N3. The lowest BCUT2D eigenvalue weighted by molar-refractivity contribution is 0.866. The van der Waals surface area contributed by atoms with E-state index in [2.05, 4.69) is 36.2 Å². The summed E-state index contributed by atoms with van der Waals surface area (Å²) in [5.41, 5.74) is 9.05. The highest BCUT2D eigenvalue weighted by molar-refractivity contribution is 6.39. The number of nitrogen functional groups attached to an aromatic ring is 1. The topological polar surface area (TPSA) is 41.3 Å². The van der Waals surface area contributed by atoms with Gasteiger partial charge in [-0.05, 0) is 50.2 Å². The zero-order chi connectivity index (χ0) is 15.4. The average molecular weight is 324 g/mol. The fraction of sp³-hybridized carbons (Fsp3) is 0.250. The quantitative estimate of drug-likeness (QED) is 0.746. The average Bonchev–Trinajstić information content (AvgIpc) is 2.45. The van der Waals surface area contributed by atoms with Gasteiger partial charge < -0.3 is 16.0 Å². The summed E-state index contributed by atoms with van der Waals surface area (Å²) in [5.74, 6) is 0. The third-order valence-corrected chi connectivity index (χ3v) is 3.93. The molecule has 0 saturated carbocycles. The van der Waals surface area contributed by atoms with Gasteiger partial charge in [-0.25, -0.2) is 0 Å². The van der Waals surface area contributed by atoms with Gasteiger partial charge in [0.25, 0.3) is 0 Å². The number of anilines is 4. The van der Waals surface area contributed by atoms with Crippen LogP contribution in [0, 0.1) is 0 Å². The van der Waals surface area contributed by atoms with Gasteiger partial charge in [0.05, 0.1) is 15.7 Å². The van der Waals surface area contributed by atoms with Crippen LogP contribution in [-0.4, -0.2) is 13.1 Å². The summed E-state index contributed by atoms with van der Waals surface area (Å²) in [7, 11) is 0. The predicted molar refractivity (Wildman–Crippen MR) is 94.2 cm³/mol. The van der Waals surface area contributed by atoms with Crippen LogP contribution in [0.25, 0.3) is 0 Å². The monoisotopic (exact) mass is 323 g/mol. The SMILES string of the molecule is CCN(CC)c1ccc(Nc2c(Cl)cc(N)cc2Cl)cc1. The molecule has 2 aromatic rings. The van der Waals surface area contributed by atoms with Crippen molar-refractivity contribution in [3.8, 4) is 0 Å². The minimum Gasteiger partial charge on any atom is -0.399 e. The van der Waals surface area contributed by atoms with Crippen molar-refractivity contribution in [1.29, 1.82) is 0 Å². The van der Waals surface area contributed by atoms with Crippen molar-refractivity contribution in [3.63, 3.8) is 0 Å². The molecular weight excluding hydrogens is 305 g/mol. The number of halogens is 2. The molecule has 5 heteroatoms. The Labute approximate surface area is 135 Å². The Bertz CT molecular complexity index is 584. The first-order valence-corrected chi connectivity index (χ1v) is 7.67. The summed E-state index contributed by atoms with van der Waals surface area (Å²) in [4.78, 5) is 2.28. The first-order chi connectivity index (χ1) is 10.0. The Hall–Kier alpha value is -1.58. The van der Waals surface area contributed by atoms with Crippen molar-refractivity contribution in [2.24, 2.45) is 0 Å². The molecule has 0 aliphatic carbocycles. The Balaban J connectivity index is 2.21. The third kappa shape index (κ3) is 3.74. The van der Waals surface area contributed by atoms with Crippen LogP contribution in [0.2, 0.25) is 10.0 Å². The van der Waals surface area contributed by atoms with Crippen LogP contribution in [0.15, 0.2) is 36.4 Å². The van der Waals surface area contributed by atoms with Gasteiger partial charge in [-0.3, -0.25) is 0 Å². The summed E-state index contributed by atoms with van der Waals surface area (Å²) in [5, 5.41) is 4.25. The third-order valence-electron chi connectivity index (χ3n) is 3.33. The Morgan fingerprint density at radius 1 is 1.00 bits per heavy atom. The van der Waals surface area contributed by atoms with Gasteiger partial charge in [0.1, 0.15) is 0 Å². The second-order valence-electron chi connectivity index (χ2n) is 4.70. The summed E-state index contributed by atoms with van der Waals surface area (Å²) >= 11 is 12.4. The van der Waals surface area contributed by atoms with Gasteiger partial charge >= 0.3 is 0 Å². The van der Waals surface area contributed by atoms with E-state index >= 15 is 0 Å². The molecule has 0 amide bonds. The van der Waals surface area contributed by atoms with Crippen molar-refractivity contribution in [2.45, 2.75) is 13.8 Å². The lowest BCUT2D eigenvalue weighted by atomic mass is 10.2. The molecule has 21 heavy (non-hydrogen) atoms. The normalized spacial score (nSPS) is 10.5. The molecule has 0 aromatic heterocycles. The van der Waals surface area contributed by atoms with Gasteiger partial charge in [0, 0.05) is 30.2 Å². The predicted octanol–water partition coefficient (Wildman–Crippen LogP) is 5.17. The van der Waals surface area contributed by atoms with Gasteiger partial charge in [-0.15, -0.1) is 0 Å². The zero-order valence-corrected chi connectivity index (χ0v) is 13.7. The molecule has 0 spiro atoms. The van der Waals surface area contributed by atoms with E-state index in [1.807, 2.05) is 12.1 Å². The second kappa shape index (κ2) is 6.92. The zero-order valence-electron chi connectivity index (χ0n) is 12.2. The van der Waals surface area contributed by atoms with Crippen LogP contribution >= 0.6 is 23.2 Å². The van der Waals surface area contributed by atoms with Crippen LogP contribution < -0.4 is 16.0 Å². The maximum absolute atomic E-state index is 6.18. The van der Waals surface area contributed by atoms with E-state index in [0.717, 1.165) is 18.8 Å². The summed E-state index contributed by atoms with van der Waals surface area (Å²) in [6.45, 7) is 6.25. The van der Waals surface area contributed by atoms with Crippen LogP contribution in [0.1, 0.15) is 13.8 Å². The van der Waals surface area contributed by atoms with E-state index in [-0.39, 0.29) is 0 Å². The molecule has 2 aromatic carbocycles. The molecule has 0 bridgehead atoms. The molecule has 0 unspecified atom stereocenters. The highest BCUT2D eigenvalue weighted by Crippen LogP contribution is 2.35. The molecule has 0 aliphatic rings. The van der Waals surface area contributed by atoms with Gasteiger partial charge in [0.15, 0.2) is 0 Å². The molecule has 0 heterocycles. The molecule has 0 aliphatic heterocycles. The summed E-state index contributed by atoms with van der Waals surface area (Å²) < 4.78 is 0. The van der Waals surface area contributed by atoms with Crippen LogP contribution in [0.4, 0.5) is 22.7 Å². The maximum atomic E-state index is 6.18. The fourth-order valence-corrected chi connectivity index (χ4v) is 2.80. The number of nitrogens with zero attached hydrogens (tertiary/aromatic N) is 1. The minimum atomic E-state index is 0.507. The largest absolute Gasteiger partial charge is 0.399 e. The first kappa shape index (κ1) is 15.8. The lowest BCUT2D eigenvalue weighted by Crippen LogP contribution is -2.21. The molecule has 0 atom stereocenters. The summed E-state index contributed by atoms with van der Waals surface area (Å²) in [6.07, 6.45) is 0. The Morgan fingerprint density at radius 3 is 2.00 bits per heavy atom. The van der Waals surface area contributed by atoms with Gasteiger partial charge in [-0.1, -0.05) is 23.2 Å². The number of rotatable bonds is 5. The first-order valence-electron chi connectivity index (χ1n) is 6.91. The van der Waals surface area contributed by atoms with Gasteiger partial charge in [0.2, 0.25) is 0 Å². The Kier molecular flexibility index (Phi) is 5.21. The second-order valence-corrected chi connectivity index (χ2v) is 5.52. The standard InChI is InChI=1S/C16H19Cl2N3/c1-3-21(4-2)13-7-5-12(6-8-13)20-16-14(17)9-11(19)10-15(16)18/h5-10,20H,3-4,19H2,1-2H3. The van der Waals surface area contributed by atoms with Gasteiger partial charge in [-0.2, -0.15) is 0 Å². The molecule has 0 saturated heterocycles. The van der Waals surface area contributed by atoms with E-state index in [4.69, 9.17) is 28.9 Å². The van der Waals surface area contributed by atoms with E-state index in [9.17, 15) is 0 Å². The van der Waals surface area contributed by atoms with Crippen LogP contribution in [0.3, 0.4) is 0 Å².